The Kier molecular flexibility index (Phi) is 6.79. The highest BCUT2D eigenvalue weighted by molar-refractivity contribution is 6.31. The molecule has 26 heavy (non-hydrogen) atoms. The maximum Gasteiger partial charge on any atom is 0.331 e. The van der Waals surface area contributed by atoms with Crippen LogP contribution in [0.2, 0.25) is 5.15 Å². The molecule has 0 bridgehead atoms. The number of nitrogens with zero attached hydrogens (tertiary/aromatic N) is 3. The highest BCUT2D eigenvalue weighted by atomic mass is 35.5. The molecule has 9 heteroatoms. The zero-order valence-electron chi connectivity index (χ0n) is 15.0. The molecule has 1 fully saturated rings. The summed E-state index contributed by atoms with van der Waals surface area (Å²) in [5, 5.41) is 4.55. The Bertz CT molecular complexity index is 720. The molecule has 8 nitrogen and oxygen atoms in total. The lowest BCUT2D eigenvalue weighted by molar-refractivity contribution is -0.151. The number of carbonyl (C=O) groups excluding carboxylic acids is 3. The smallest absolute Gasteiger partial charge is 0.331 e. The Labute approximate surface area is 156 Å². The van der Waals surface area contributed by atoms with Gasteiger partial charge in [-0.15, -0.1) is 0 Å². The van der Waals surface area contributed by atoms with E-state index in [1.54, 1.807) is 18.9 Å². The van der Waals surface area contributed by atoms with Crippen molar-refractivity contribution in [3.8, 4) is 0 Å². The number of piperidine rings is 1. The van der Waals surface area contributed by atoms with Gasteiger partial charge in [0.25, 0.3) is 5.91 Å². The Morgan fingerprint density at radius 2 is 1.96 bits per heavy atom. The summed E-state index contributed by atoms with van der Waals surface area (Å²) in [5.41, 5.74) is 1.31. The number of carbonyl (C=O) groups is 3. The molecule has 142 valence electrons. The Morgan fingerprint density at radius 3 is 2.50 bits per heavy atom. The van der Waals surface area contributed by atoms with Crippen LogP contribution in [0.25, 0.3) is 6.08 Å². The zero-order valence-corrected chi connectivity index (χ0v) is 15.8. The summed E-state index contributed by atoms with van der Waals surface area (Å²) >= 11 is 6.07. The first-order chi connectivity index (χ1) is 12.3. The molecule has 0 N–H and O–H groups in total. The molecule has 0 aromatic carbocycles. The van der Waals surface area contributed by atoms with E-state index in [0.29, 0.717) is 42.3 Å². The molecule has 0 saturated carbocycles. The van der Waals surface area contributed by atoms with Crippen LogP contribution < -0.4 is 0 Å². The summed E-state index contributed by atoms with van der Waals surface area (Å²) in [7, 11) is 3.06. The molecule has 1 amide bonds. The average Bonchev–Trinajstić information content (AvgIpc) is 2.89. The minimum atomic E-state index is -0.637. The van der Waals surface area contributed by atoms with Gasteiger partial charge in [-0.2, -0.15) is 5.10 Å². The van der Waals surface area contributed by atoms with Crippen LogP contribution >= 0.6 is 11.6 Å². The summed E-state index contributed by atoms with van der Waals surface area (Å²) in [6, 6.07) is 0. The predicted octanol–water partition coefficient (Wildman–Crippen LogP) is 1.35. The molecule has 0 radical (unpaired) electrons. The fraction of sp³-hybridized carbons (Fsp3) is 0.529. The molecule has 0 atom stereocenters. The third-order valence-electron chi connectivity index (χ3n) is 4.30. The second kappa shape index (κ2) is 8.84. The third kappa shape index (κ3) is 4.85. The number of ether oxygens (including phenoxy) is 2. The number of halogens is 1. The number of rotatable bonds is 5. The summed E-state index contributed by atoms with van der Waals surface area (Å²) in [6.45, 7) is 2.32. The second-order valence-corrected chi connectivity index (χ2v) is 6.39. The van der Waals surface area contributed by atoms with Gasteiger partial charge in [0.15, 0.2) is 6.61 Å². The summed E-state index contributed by atoms with van der Waals surface area (Å²) < 4.78 is 11.2. The van der Waals surface area contributed by atoms with Crippen LogP contribution in [-0.2, 0) is 30.9 Å². The van der Waals surface area contributed by atoms with Crippen LogP contribution in [-0.4, -0.2) is 59.3 Å². The monoisotopic (exact) mass is 383 g/mol. The number of likely N-dealkylation sites (tertiary alicyclic amines) is 1. The van der Waals surface area contributed by atoms with E-state index in [2.05, 4.69) is 5.10 Å². The van der Waals surface area contributed by atoms with Gasteiger partial charge in [-0.05, 0) is 25.8 Å². The second-order valence-electron chi connectivity index (χ2n) is 6.03. The van der Waals surface area contributed by atoms with Crippen molar-refractivity contribution in [2.75, 3.05) is 26.8 Å². The topological polar surface area (TPSA) is 90.7 Å². The number of amides is 1. The fourth-order valence-corrected chi connectivity index (χ4v) is 3.03. The average molecular weight is 384 g/mol. The van der Waals surface area contributed by atoms with Crippen molar-refractivity contribution < 1.29 is 23.9 Å². The Balaban J connectivity index is 1.79. The van der Waals surface area contributed by atoms with E-state index in [9.17, 15) is 14.4 Å². The first-order valence-electron chi connectivity index (χ1n) is 8.23. The van der Waals surface area contributed by atoms with Crippen LogP contribution in [0, 0.1) is 12.8 Å². The van der Waals surface area contributed by atoms with Crippen molar-refractivity contribution in [3.63, 3.8) is 0 Å². The highest BCUT2D eigenvalue weighted by Crippen LogP contribution is 2.20. The molecule has 1 aromatic rings. The maximum absolute atomic E-state index is 12.1. The van der Waals surface area contributed by atoms with Gasteiger partial charge in [-0.3, -0.25) is 14.3 Å². The van der Waals surface area contributed by atoms with Crippen molar-refractivity contribution >= 4 is 35.5 Å². The van der Waals surface area contributed by atoms with Crippen molar-refractivity contribution in [1.82, 2.24) is 14.7 Å². The van der Waals surface area contributed by atoms with Crippen LogP contribution in [0.1, 0.15) is 24.1 Å². The molecular weight excluding hydrogens is 362 g/mol. The highest BCUT2D eigenvalue weighted by Gasteiger charge is 2.28. The SMILES string of the molecule is COC(=O)C1CCN(C(=O)COC(=O)/C=C/c2c(C)nn(C)c2Cl)CC1. The Hall–Kier alpha value is -2.35. The molecule has 1 aromatic heterocycles. The molecule has 0 unspecified atom stereocenters. The van der Waals surface area contributed by atoms with Gasteiger partial charge >= 0.3 is 11.9 Å². The predicted molar refractivity (Wildman–Crippen MR) is 94.3 cm³/mol. The van der Waals surface area contributed by atoms with E-state index in [1.807, 2.05) is 0 Å². The van der Waals surface area contributed by atoms with Gasteiger partial charge in [0, 0.05) is 31.8 Å². The van der Waals surface area contributed by atoms with Gasteiger partial charge in [0.1, 0.15) is 5.15 Å². The van der Waals surface area contributed by atoms with Gasteiger partial charge in [-0.25, -0.2) is 4.79 Å². The van der Waals surface area contributed by atoms with E-state index in [-0.39, 0.29) is 24.4 Å². The van der Waals surface area contributed by atoms with E-state index in [1.165, 1.54) is 23.9 Å². The van der Waals surface area contributed by atoms with Crippen LogP contribution in [0.15, 0.2) is 6.08 Å². The lowest BCUT2D eigenvalue weighted by atomic mass is 9.97. The van der Waals surface area contributed by atoms with E-state index in [4.69, 9.17) is 21.1 Å². The molecule has 0 aliphatic carbocycles. The summed E-state index contributed by atoms with van der Waals surface area (Å²) in [4.78, 5) is 37.0. The minimum absolute atomic E-state index is 0.179. The fourth-order valence-electron chi connectivity index (χ4n) is 2.79. The first-order valence-corrected chi connectivity index (χ1v) is 8.60. The van der Waals surface area contributed by atoms with Gasteiger partial charge < -0.3 is 14.4 Å². The quantitative estimate of drug-likeness (QED) is 0.563. The number of methoxy groups -OCH3 is 1. The van der Waals surface area contributed by atoms with Gasteiger partial charge in [-0.1, -0.05) is 11.6 Å². The molecule has 1 saturated heterocycles. The van der Waals surface area contributed by atoms with Gasteiger partial charge in [0.05, 0.1) is 18.7 Å². The van der Waals surface area contributed by atoms with E-state index in [0.717, 1.165) is 0 Å². The minimum Gasteiger partial charge on any atom is -0.469 e. The number of aryl methyl sites for hydroxylation is 2. The van der Waals surface area contributed by atoms with Crippen molar-refractivity contribution in [2.45, 2.75) is 19.8 Å². The van der Waals surface area contributed by atoms with Gasteiger partial charge in [0.2, 0.25) is 0 Å². The lowest BCUT2D eigenvalue weighted by Crippen LogP contribution is -2.42. The molecule has 2 rings (SSSR count). The number of aromatic nitrogens is 2. The number of esters is 2. The molecule has 1 aliphatic heterocycles. The van der Waals surface area contributed by atoms with Crippen LogP contribution in [0.5, 0.6) is 0 Å². The van der Waals surface area contributed by atoms with Crippen molar-refractivity contribution in [2.24, 2.45) is 13.0 Å². The van der Waals surface area contributed by atoms with Crippen molar-refractivity contribution in [1.29, 1.82) is 0 Å². The van der Waals surface area contributed by atoms with Crippen molar-refractivity contribution in [3.05, 3.63) is 22.5 Å². The van der Waals surface area contributed by atoms with Crippen LogP contribution in [0.4, 0.5) is 0 Å². The van der Waals surface area contributed by atoms with E-state index >= 15 is 0 Å². The summed E-state index contributed by atoms with van der Waals surface area (Å²) in [5.74, 6) is -1.35. The molecule has 1 aliphatic rings. The number of hydrogen-bond acceptors (Lipinski definition) is 6. The third-order valence-corrected chi connectivity index (χ3v) is 4.75. The largest absolute Gasteiger partial charge is 0.469 e. The zero-order chi connectivity index (χ0) is 19.3. The molecule has 2 heterocycles. The molecular formula is C17H22ClN3O5. The first kappa shape index (κ1) is 20.0. The lowest BCUT2D eigenvalue weighted by Gasteiger charge is -2.30. The summed E-state index contributed by atoms with van der Waals surface area (Å²) in [6.07, 6.45) is 3.82. The maximum atomic E-state index is 12.1. The number of hydrogen-bond donors (Lipinski definition) is 0. The Morgan fingerprint density at radius 1 is 1.31 bits per heavy atom. The van der Waals surface area contributed by atoms with Crippen LogP contribution in [0.3, 0.4) is 0 Å². The normalized spacial score (nSPS) is 15.3. The standard InChI is InChI=1S/C17H22ClN3O5/c1-11-13(16(18)20(2)19-11)4-5-15(23)26-10-14(22)21-8-6-12(7-9-21)17(24)25-3/h4-5,12H,6-10H2,1-3H3/b5-4+. The van der Waals surface area contributed by atoms with E-state index < -0.39 is 5.97 Å². The molecule has 0 spiro atoms.